The molecule has 2 unspecified atom stereocenters. The molecule has 0 aliphatic heterocycles. The molecule has 0 aromatic rings. The molecule has 0 fully saturated rings. The van der Waals surface area contributed by atoms with E-state index in [2.05, 4.69) is 58.5 Å². The normalized spacial score (nSPS) is 25.1. The van der Waals surface area contributed by atoms with Gasteiger partial charge in [-0.15, -0.1) is 24.8 Å². The average Bonchev–Trinajstić information content (AvgIpc) is 2.66. The van der Waals surface area contributed by atoms with Crippen LogP contribution < -0.4 is 0 Å². The zero-order valence-corrected chi connectivity index (χ0v) is 16.5. The maximum atomic E-state index is 4.66. The SMILES string of the molecule is Cl.Cl.[CH2]=[Ti]([C]1=C(C)C(C)=CC1C)[C]1=C(C)C(C)=CC1C. The Kier molecular flexibility index (Phi) is 7.45. The second-order valence-corrected chi connectivity index (χ2v) is 9.01. The minimum absolute atomic E-state index is 0. The van der Waals surface area contributed by atoms with Crippen LogP contribution in [0.4, 0.5) is 0 Å². The molecule has 0 aromatic heterocycles. The van der Waals surface area contributed by atoms with Crippen LogP contribution in [0.15, 0.2) is 42.2 Å². The van der Waals surface area contributed by atoms with Crippen LogP contribution in [0.2, 0.25) is 0 Å². The predicted octanol–water partition coefficient (Wildman–Crippen LogP) is 5.62. The number of hydrogen-bond acceptors (Lipinski definition) is 0. The Morgan fingerprint density at radius 1 is 0.800 bits per heavy atom. The summed E-state index contributed by atoms with van der Waals surface area (Å²) in [7, 11) is 0. The van der Waals surface area contributed by atoms with Crippen LogP contribution in [0.1, 0.15) is 41.5 Å². The van der Waals surface area contributed by atoms with Crippen molar-refractivity contribution in [2.24, 2.45) is 11.8 Å². The summed E-state index contributed by atoms with van der Waals surface area (Å²) in [6.45, 7) is 13.7. The first-order chi connectivity index (χ1) is 8.34. The van der Waals surface area contributed by atoms with E-state index < -0.39 is 17.4 Å². The summed E-state index contributed by atoms with van der Waals surface area (Å²) in [5.74, 6) is 1.23. The van der Waals surface area contributed by atoms with Gasteiger partial charge in [-0.1, -0.05) is 0 Å². The third-order valence-corrected chi connectivity index (χ3v) is 9.18. The first-order valence-electron chi connectivity index (χ1n) is 6.83. The van der Waals surface area contributed by atoms with Crippen molar-refractivity contribution in [2.75, 3.05) is 0 Å². The van der Waals surface area contributed by atoms with Gasteiger partial charge in [-0.2, -0.15) is 0 Å². The molecule has 2 atom stereocenters. The van der Waals surface area contributed by atoms with E-state index in [1.165, 1.54) is 22.3 Å². The molecular weight excluding hydrogens is 323 g/mol. The van der Waals surface area contributed by atoms with Gasteiger partial charge in [0.25, 0.3) is 0 Å². The van der Waals surface area contributed by atoms with E-state index in [0.717, 1.165) is 0 Å². The topological polar surface area (TPSA) is 0 Å². The summed E-state index contributed by atoms with van der Waals surface area (Å²) >= 11 is -1.52. The van der Waals surface area contributed by atoms with Crippen molar-refractivity contribution in [1.82, 2.24) is 0 Å². The Labute approximate surface area is 142 Å². The summed E-state index contributed by atoms with van der Waals surface area (Å²) < 4.78 is 3.38. The summed E-state index contributed by atoms with van der Waals surface area (Å²) in [5.41, 5.74) is 6.01. The van der Waals surface area contributed by atoms with Gasteiger partial charge in [-0.05, 0) is 0 Å². The van der Waals surface area contributed by atoms with Crippen molar-refractivity contribution in [1.29, 1.82) is 0 Å². The average molecular weight is 349 g/mol. The number of rotatable bonds is 2. The Bertz CT molecular complexity index is 499. The van der Waals surface area contributed by atoms with Crippen molar-refractivity contribution in [3.63, 3.8) is 0 Å². The van der Waals surface area contributed by atoms with Crippen LogP contribution in [-0.4, -0.2) is 4.82 Å². The van der Waals surface area contributed by atoms with Crippen molar-refractivity contribution in [3.8, 4) is 0 Å². The van der Waals surface area contributed by atoms with E-state index in [-0.39, 0.29) is 24.8 Å². The van der Waals surface area contributed by atoms with Gasteiger partial charge in [0.15, 0.2) is 0 Å². The van der Waals surface area contributed by atoms with Gasteiger partial charge < -0.3 is 0 Å². The standard InChI is InChI=1S/2C8H11.CH2.2ClH.Ti/c2*1-6-4-7(2)8(3)5-6;;;;/h2*4,6H,1-3H3;1H2;2*1H;. The van der Waals surface area contributed by atoms with Crippen molar-refractivity contribution in [3.05, 3.63) is 42.2 Å². The zero-order valence-electron chi connectivity index (χ0n) is 13.3. The van der Waals surface area contributed by atoms with Crippen LogP contribution in [0.25, 0.3) is 0 Å². The predicted molar refractivity (Wildman–Crippen MR) is 92.9 cm³/mol. The summed E-state index contributed by atoms with van der Waals surface area (Å²) in [6.07, 6.45) is 4.83. The molecule has 0 bridgehead atoms. The molecule has 0 saturated heterocycles. The van der Waals surface area contributed by atoms with Gasteiger partial charge in [-0.3, -0.25) is 0 Å². The van der Waals surface area contributed by atoms with Crippen molar-refractivity contribution >= 4 is 29.6 Å². The Morgan fingerprint density at radius 3 is 1.30 bits per heavy atom. The maximum absolute atomic E-state index is 4.66. The van der Waals surface area contributed by atoms with E-state index in [9.17, 15) is 0 Å². The first kappa shape index (κ1) is 20.1. The zero-order chi connectivity index (χ0) is 13.6. The second-order valence-electron chi connectivity index (χ2n) is 5.83. The molecule has 0 radical (unpaired) electrons. The Morgan fingerprint density at radius 2 is 1.10 bits per heavy atom. The van der Waals surface area contributed by atoms with Gasteiger partial charge in [-0.25, -0.2) is 0 Å². The van der Waals surface area contributed by atoms with E-state index in [4.69, 9.17) is 0 Å². The van der Waals surface area contributed by atoms with Crippen LogP contribution in [0, 0.1) is 11.8 Å². The Hall–Kier alpha value is 0.124. The molecule has 0 amide bonds. The van der Waals surface area contributed by atoms with E-state index in [1.807, 2.05) is 0 Å². The van der Waals surface area contributed by atoms with Crippen LogP contribution in [0.5, 0.6) is 0 Å². The fraction of sp³-hybridized carbons (Fsp3) is 0.471. The minimum atomic E-state index is -1.52. The van der Waals surface area contributed by atoms with E-state index in [1.54, 1.807) is 7.76 Å². The third kappa shape index (κ3) is 3.30. The molecule has 0 saturated carbocycles. The van der Waals surface area contributed by atoms with Crippen LogP contribution >= 0.6 is 24.8 Å². The molecule has 2 aliphatic carbocycles. The molecule has 20 heavy (non-hydrogen) atoms. The van der Waals surface area contributed by atoms with Gasteiger partial charge in [0, 0.05) is 0 Å². The van der Waals surface area contributed by atoms with E-state index >= 15 is 0 Å². The van der Waals surface area contributed by atoms with Gasteiger partial charge in [0.2, 0.25) is 0 Å². The Balaban J connectivity index is 0.00000180. The van der Waals surface area contributed by atoms with Gasteiger partial charge in [0.05, 0.1) is 0 Å². The monoisotopic (exact) mass is 348 g/mol. The van der Waals surface area contributed by atoms with E-state index in [0.29, 0.717) is 11.8 Å². The summed E-state index contributed by atoms with van der Waals surface area (Å²) in [5, 5.41) is 0. The second kappa shape index (κ2) is 7.41. The fourth-order valence-electron chi connectivity index (χ4n) is 3.42. The summed E-state index contributed by atoms with van der Waals surface area (Å²) in [6, 6.07) is 0. The molecule has 2 aliphatic rings. The quantitative estimate of drug-likeness (QED) is 0.568. The molecule has 0 N–H and O–H groups in total. The molecule has 0 aromatic carbocycles. The van der Waals surface area contributed by atoms with Crippen molar-refractivity contribution in [2.45, 2.75) is 41.5 Å². The molecule has 3 heteroatoms. The number of halogens is 2. The van der Waals surface area contributed by atoms with Crippen LogP contribution in [-0.2, 0) is 17.4 Å². The third-order valence-electron chi connectivity index (χ3n) is 4.55. The molecule has 0 spiro atoms. The summed E-state index contributed by atoms with van der Waals surface area (Å²) in [4.78, 5) is 4.66. The molecule has 0 nitrogen and oxygen atoms in total. The number of allylic oxidation sites excluding steroid dienone is 8. The van der Waals surface area contributed by atoms with Gasteiger partial charge >= 0.3 is 118 Å². The molecule has 112 valence electrons. The molecule has 2 rings (SSSR count). The van der Waals surface area contributed by atoms with Gasteiger partial charge in [0.1, 0.15) is 0 Å². The fourth-order valence-corrected chi connectivity index (χ4v) is 7.88. The first-order valence-corrected chi connectivity index (χ1v) is 9.50. The molecule has 0 heterocycles. The van der Waals surface area contributed by atoms with Crippen molar-refractivity contribution < 1.29 is 17.4 Å². The number of hydrogen-bond donors (Lipinski definition) is 0. The van der Waals surface area contributed by atoms with Crippen LogP contribution in [0.3, 0.4) is 0 Å². The molecular formula is C17H26Cl2Ti.